The molecule has 0 unspecified atom stereocenters. The number of H-pyrrole nitrogens is 1. The number of carbonyl (C=O) groups excluding carboxylic acids is 2. The van der Waals surface area contributed by atoms with Gasteiger partial charge in [0.1, 0.15) is 24.0 Å². The summed E-state index contributed by atoms with van der Waals surface area (Å²) in [6.07, 6.45) is 6.41. The Balaban J connectivity index is -0.000000201. The summed E-state index contributed by atoms with van der Waals surface area (Å²) in [5, 5.41) is 38.6. The quantitative estimate of drug-likeness (QED) is 0.0178. The van der Waals surface area contributed by atoms with Crippen LogP contribution in [0.4, 0.5) is 17.6 Å². The molecule has 0 atom stereocenters. The number of carbonyl (C=O) groups is 4. The van der Waals surface area contributed by atoms with Gasteiger partial charge >= 0.3 is 42.9 Å². The van der Waals surface area contributed by atoms with E-state index in [9.17, 15) is 31.9 Å². The number of halogens is 6. The van der Waals surface area contributed by atoms with E-state index in [0.29, 0.717) is 33.6 Å². The van der Waals surface area contributed by atoms with Gasteiger partial charge in [-0.3, -0.25) is 14.3 Å². The number of aromatic amines is 1. The zero-order valence-electron chi connectivity index (χ0n) is 54.9. The minimum absolute atomic E-state index is 0. The summed E-state index contributed by atoms with van der Waals surface area (Å²) < 4.78 is 67.4. The van der Waals surface area contributed by atoms with E-state index in [4.69, 9.17) is 49.1 Å². The summed E-state index contributed by atoms with van der Waals surface area (Å²) in [5.41, 5.74) is 18.6. The van der Waals surface area contributed by atoms with Crippen LogP contribution in [-0.2, 0) is 34.8 Å². The molecule has 8 aromatic rings. The molecule has 0 amide bonds. The van der Waals surface area contributed by atoms with Crippen molar-refractivity contribution < 1.29 is 106 Å². The second-order valence-electron chi connectivity index (χ2n) is 19.8. The standard InChI is InChI=1S/C16H19N3O2.C13H13N3O2.C10H8F3N3.C9H11NS.C9H9N.C6H9IO2.CH3F.CH2O2.4CH4.HI.Li.H2O/c1-11(2)21-15(20)5-6-19-10-17-16(18-19)14-8-12(3)7-13(4)9-14;1-9-5-10(2)7-11(6-9)13-14-8-16(15-13)4-3-12(17)18;1-6-2-7(9-14-5-15-16-9)4-8(3-6)10(11,12)13;1-6-3-7(2)5-8(4-6)9(10)11;1-7-3-8(2)5-9(4-7)6-10;1-5(2)9-6(8)3-4-7;1-2;2-1-3;;;;;;;/h5-11H,1-4H3;3-8H,1-2H3,(H,17,18);2-5H,1H3,(H,14,15,16);3-5H,1-2H3,(H2,10,11);3-5H,1-2H3;3-5H,1-2H3;1H3;1H,(H,2,3);4*1H4;1H;;1H2/q;;;;;;;;;;;;;+1;/p-2/b6-5-;4-3-;;;;4-3-;;;;;;;;;/i;;;;;;1D;;;;;;;;. The number of hydrogen-bond donors (Lipinski definition) is 4. The first-order chi connectivity index (χ1) is 42.7. The van der Waals surface area contributed by atoms with Gasteiger partial charge in [0.15, 0.2) is 17.5 Å². The van der Waals surface area contributed by atoms with E-state index < -0.39 is 30.8 Å². The van der Waals surface area contributed by atoms with Gasteiger partial charge in [0.05, 0.1) is 37.9 Å². The molecule has 0 fully saturated rings. The number of nitriles is 1. The summed E-state index contributed by atoms with van der Waals surface area (Å²) in [6, 6.07) is 30.0. The summed E-state index contributed by atoms with van der Waals surface area (Å²) >= 11 is 6.83. The maximum Gasteiger partial charge on any atom is 1.00 e. The van der Waals surface area contributed by atoms with Crippen molar-refractivity contribution in [1.29, 1.82) is 5.26 Å². The molecule has 8 rings (SSSR count). The molecule has 0 saturated carbocycles. The summed E-state index contributed by atoms with van der Waals surface area (Å²) in [6.45, 7) is 24.8. The number of rotatable bonds is 11. The Morgan fingerprint density at radius 2 is 1.01 bits per heavy atom. The second-order valence-corrected chi connectivity index (χ2v) is 21.0. The average Bonchev–Trinajstić information content (AvgIpc) is 1.57. The number of ether oxygens (including phenoxy) is 2. The third kappa shape index (κ3) is 43.5. The van der Waals surface area contributed by atoms with Gasteiger partial charge in [0.25, 0.3) is 6.47 Å². The molecule has 20 nitrogen and oxygen atoms in total. The fourth-order valence-electron chi connectivity index (χ4n) is 7.62. The number of esters is 2. The van der Waals surface area contributed by atoms with Crippen molar-refractivity contribution in [3.05, 3.63) is 199 Å². The van der Waals surface area contributed by atoms with Crippen LogP contribution in [0.2, 0.25) is 0 Å². The number of aromatic nitrogens is 9. The first kappa shape index (κ1) is 99.8. The molecule has 0 spiro atoms. The van der Waals surface area contributed by atoms with Crippen LogP contribution in [0.3, 0.4) is 0 Å². The number of aliphatic carboxylic acids is 1. The van der Waals surface area contributed by atoms with Gasteiger partial charge in [-0.2, -0.15) is 23.5 Å². The molecule has 3 heterocycles. The summed E-state index contributed by atoms with van der Waals surface area (Å²) in [4.78, 5) is 53.4. The van der Waals surface area contributed by atoms with Crippen LogP contribution >= 0.6 is 34.8 Å². The Hall–Kier alpha value is -8.26. The second kappa shape index (κ2) is 53.8. The Morgan fingerprint density at radius 1 is 0.660 bits per heavy atom. The number of thiocarbonyl (C=S) groups is 1. The van der Waals surface area contributed by atoms with Gasteiger partial charge in [-0.1, -0.05) is 122 Å². The molecular formula is C69H91F4I2LiN11O9S-. The van der Waals surface area contributed by atoms with Gasteiger partial charge in [-0.25, -0.2) is 38.7 Å². The van der Waals surface area contributed by atoms with Gasteiger partial charge in [0, 0.05) is 52.9 Å². The predicted octanol–water partition coefficient (Wildman–Crippen LogP) is 10.6. The van der Waals surface area contributed by atoms with Gasteiger partial charge in [0.2, 0.25) is 0 Å². The number of alkyl halides is 4. The van der Waals surface area contributed by atoms with Crippen LogP contribution in [0.15, 0.2) is 132 Å². The molecule has 0 aliphatic heterocycles. The minimum atomic E-state index is -4.35. The van der Waals surface area contributed by atoms with Crippen molar-refractivity contribution in [3.63, 3.8) is 0 Å². The van der Waals surface area contributed by atoms with E-state index in [2.05, 4.69) is 65.7 Å². The van der Waals surface area contributed by atoms with Crippen LogP contribution in [0.1, 0.15) is 126 Å². The zero-order valence-corrected chi connectivity index (χ0v) is 59.0. The molecule has 0 aliphatic rings. The fourth-order valence-corrected chi connectivity index (χ4v) is 8.03. The molecule has 28 heteroatoms. The zero-order chi connectivity index (χ0) is 69.0. The Kier molecular flexibility index (Phi) is 55.4. The number of nitrogens with zero attached hydrogens (tertiary/aromatic N) is 9. The maximum atomic E-state index is 12.5. The van der Waals surface area contributed by atoms with Crippen molar-refractivity contribution in [1.82, 2.24) is 44.7 Å². The van der Waals surface area contributed by atoms with E-state index in [0.717, 1.165) is 73.8 Å². The van der Waals surface area contributed by atoms with Crippen molar-refractivity contribution in [2.45, 2.75) is 138 Å². The van der Waals surface area contributed by atoms with Crippen molar-refractivity contribution in [2.75, 3.05) is 7.15 Å². The van der Waals surface area contributed by atoms with Crippen LogP contribution in [0.25, 0.3) is 46.6 Å². The van der Waals surface area contributed by atoms with Crippen LogP contribution in [-0.4, -0.2) is 109 Å². The number of benzene rings is 5. The number of nitrogens with two attached hydrogens (primary N) is 1. The van der Waals surface area contributed by atoms with Gasteiger partial charge < -0.3 is 54.9 Å². The molecule has 526 valence electrons. The molecule has 6 N–H and O–H groups in total. The normalized spacial score (nSPS) is 9.74. The number of carboxylic acids is 1. The summed E-state index contributed by atoms with van der Waals surface area (Å²) in [5.74, 6) is -0.152. The van der Waals surface area contributed by atoms with E-state index in [-0.39, 0.29) is 103 Å². The third-order valence-corrected chi connectivity index (χ3v) is 11.2. The molecule has 0 bridgehead atoms. The Morgan fingerprint density at radius 3 is 1.34 bits per heavy atom. The van der Waals surface area contributed by atoms with Gasteiger partial charge in [-0.05, 0) is 178 Å². The average molecular weight is 1590 g/mol. The molecule has 0 saturated heterocycles. The SMILES string of the molecule is C.C.C.C.CC(C)OC(=O)/C=C\I.Cc1cc(-c2ncn[nH]2)cc(C(F)(F)F)c1.Cc1cc(C)cc(-c2ncn(/C=C\C(=O)O)n2)c1.Cc1cc(C)cc(-c2ncn(/C=C\C(=O)OC(C)C)n2)c1.Cc1cc(C)cc(C#N)c1.Cc1cc(C)cc(C(N)=S)c1.O=CO.[2H]CF.[I-].[Li+].[OH-]. The largest absolute Gasteiger partial charge is 1.00 e. The molecular weight excluding hydrogens is 1500 g/mol. The van der Waals surface area contributed by atoms with E-state index in [1.165, 1.54) is 57.7 Å². The van der Waals surface area contributed by atoms with Gasteiger partial charge in [-0.15, -0.1) is 10.2 Å². The van der Waals surface area contributed by atoms with Crippen LogP contribution in [0, 0.1) is 73.6 Å². The maximum absolute atomic E-state index is 12.5. The Bertz CT molecular complexity index is 3690. The van der Waals surface area contributed by atoms with Crippen molar-refractivity contribution in [2.24, 2.45) is 5.73 Å². The van der Waals surface area contributed by atoms with E-state index in [1.807, 2.05) is 140 Å². The monoisotopic (exact) mass is 1590 g/mol. The van der Waals surface area contributed by atoms with E-state index in [1.54, 1.807) is 37.2 Å². The van der Waals surface area contributed by atoms with Crippen molar-refractivity contribution in [3.8, 4) is 40.2 Å². The first-order valence-electron chi connectivity index (χ1n) is 27.6. The van der Waals surface area contributed by atoms with E-state index >= 15 is 0 Å². The van der Waals surface area contributed by atoms with Crippen LogP contribution < -0.4 is 48.6 Å². The number of nitrogens with one attached hydrogen (secondary N) is 1. The van der Waals surface area contributed by atoms with Crippen molar-refractivity contribution >= 4 is 76.6 Å². The van der Waals surface area contributed by atoms with Crippen LogP contribution in [0.5, 0.6) is 0 Å². The minimum Gasteiger partial charge on any atom is -1.00 e. The topological polar surface area (TPSA) is 310 Å². The molecule has 5 aromatic carbocycles. The molecule has 97 heavy (non-hydrogen) atoms. The predicted molar refractivity (Wildman–Crippen MR) is 382 cm³/mol. The Labute approximate surface area is 618 Å². The third-order valence-electron chi connectivity index (χ3n) is 10.6. The molecule has 0 aliphatic carbocycles. The first-order valence-corrected chi connectivity index (χ1v) is 28.5. The smallest absolute Gasteiger partial charge is 1.00 e. The summed E-state index contributed by atoms with van der Waals surface area (Å²) in [7, 11) is -1.00. The fraction of sp³-hybridized carbons (Fsp3) is 0.304. The number of hydrogen-bond acceptors (Lipinski definition) is 15. The molecule has 3 aromatic heterocycles. The number of aryl methyl sites for hydroxylation is 9. The number of carboxylic acid groups (broad SMARTS) is 2. The molecule has 0 radical (unpaired) electrons.